The molecule has 0 bridgehead atoms. The van der Waals surface area contributed by atoms with Crippen LogP contribution in [0.5, 0.6) is 5.75 Å². The summed E-state index contributed by atoms with van der Waals surface area (Å²) < 4.78 is 5.87. The van der Waals surface area contributed by atoms with E-state index in [1.165, 1.54) is 22.3 Å². The number of hydrogen-bond acceptors (Lipinski definition) is 2. The Morgan fingerprint density at radius 3 is 2.71 bits per heavy atom. The molecule has 2 heteroatoms. The Labute approximate surface area is 127 Å². The molecule has 0 saturated carbocycles. The highest BCUT2D eigenvalue weighted by atomic mass is 16.5. The normalized spacial score (nSPS) is 14.6. The first kappa shape index (κ1) is 14.2. The number of para-hydroxylation sites is 1. The van der Waals surface area contributed by atoms with E-state index in [0.717, 1.165) is 31.7 Å². The van der Waals surface area contributed by atoms with Crippen molar-refractivity contribution in [3.63, 3.8) is 0 Å². The zero-order valence-electron chi connectivity index (χ0n) is 12.9. The van der Waals surface area contributed by atoms with Crippen LogP contribution in [-0.2, 0) is 12.8 Å². The molecule has 0 spiro atoms. The van der Waals surface area contributed by atoms with E-state index in [4.69, 9.17) is 4.74 Å². The maximum Gasteiger partial charge on any atom is 0.127 e. The predicted molar refractivity (Wildman–Crippen MR) is 86.9 cm³/mol. The molecule has 0 radical (unpaired) electrons. The Balaban J connectivity index is 1.88. The smallest absolute Gasteiger partial charge is 0.127 e. The minimum Gasteiger partial charge on any atom is -0.493 e. The number of hydrogen-bond donors (Lipinski definition) is 1. The van der Waals surface area contributed by atoms with Gasteiger partial charge in [-0.25, -0.2) is 0 Å². The van der Waals surface area contributed by atoms with E-state index in [0.29, 0.717) is 6.04 Å². The van der Waals surface area contributed by atoms with Crippen LogP contribution in [0.1, 0.15) is 35.2 Å². The molecule has 0 fully saturated rings. The summed E-state index contributed by atoms with van der Waals surface area (Å²) in [5.74, 6) is 1.11. The fourth-order valence-corrected chi connectivity index (χ4v) is 3.01. The third-order valence-electron chi connectivity index (χ3n) is 4.13. The number of nitrogens with one attached hydrogen (secondary N) is 1. The molecule has 1 atom stereocenters. The lowest BCUT2D eigenvalue weighted by Gasteiger charge is -2.21. The molecule has 1 N–H and O–H groups in total. The molecule has 21 heavy (non-hydrogen) atoms. The molecule has 110 valence electrons. The van der Waals surface area contributed by atoms with Crippen LogP contribution in [0.4, 0.5) is 0 Å². The molecule has 1 unspecified atom stereocenters. The Morgan fingerprint density at radius 1 is 1.14 bits per heavy atom. The highest BCUT2D eigenvalue weighted by molar-refractivity contribution is 5.46. The minimum atomic E-state index is 0.311. The van der Waals surface area contributed by atoms with E-state index < -0.39 is 0 Å². The van der Waals surface area contributed by atoms with Gasteiger partial charge in [-0.15, -0.1) is 0 Å². The van der Waals surface area contributed by atoms with Crippen molar-refractivity contribution in [2.75, 3.05) is 13.2 Å². The van der Waals surface area contributed by atoms with Crippen molar-refractivity contribution in [3.8, 4) is 5.75 Å². The highest BCUT2D eigenvalue weighted by Crippen LogP contribution is 2.34. The van der Waals surface area contributed by atoms with Gasteiger partial charge >= 0.3 is 0 Å². The summed E-state index contributed by atoms with van der Waals surface area (Å²) in [7, 11) is 0. The molecule has 0 amide bonds. The molecule has 0 aromatic heterocycles. The fourth-order valence-electron chi connectivity index (χ4n) is 3.01. The average Bonchev–Trinajstić information content (AvgIpc) is 2.97. The van der Waals surface area contributed by atoms with Crippen LogP contribution >= 0.6 is 0 Å². The monoisotopic (exact) mass is 281 g/mol. The SMILES string of the molecule is CCNC(Cc1ccc(C)cc1)c1cccc2c1OCC2. The van der Waals surface area contributed by atoms with E-state index in [9.17, 15) is 0 Å². The van der Waals surface area contributed by atoms with Crippen molar-refractivity contribution >= 4 is 0 Å². The van der Waals surface area contributed by atoms with E-state index in [-0.39, 0.29) is 0 Å². The number of likely N-dealkylation sites (N-methyl/N-ethyl adjacent to an activating group) is 1. The Kier molecular flexibility index (Phi) is 4.26. The molecule has 3 rings (SSSR count). The van der Waals surface area contributed by atoms with Gasteiger partial charge in [0.05, 0.1) is 6.61 Å². The van der Waals surface area contributed by atoms with Gasteiger partial charge in [-0.3, -0.25) is 0 Å². The first-order valence-electron chi connectivity index (χ1n) is 7.81. The van der Waals surface area contributed by atoms with Gasteiger partial charge in [-0.1, -0.05) is 55.0 Å². The van der Waals surface area contributed by atoms with Crippen LogP contribution in [0.25, 0.3) is 0 Å². The molecule has 2 aromatic rings. The maximum absolute atomic E-state index is 5.87. The van der Waals surface area contributed by atoms with E-state index in [1.54, 1.807) is 0 Å². The maximum atomic E-state index is 5.87. The number of aryl methyl sites for hydroxylation is 1. The summed E-state index contributed by atoms with van der Waals surface area (Å²) in [6.45, 7) is 6.06. The van der Waals surface area contributed by atoms with E-state index in [2.05, 4.69) is 61.6 Å². The Bertz CT molecular complexity index is 603. The zero-order chi connectivity index (χ0) is 14.7. The fraction of sp³-hybridized carbons (Fsp3) is 0.368. The quantitative estimate of drug-likeness (QED) is 0.899. The van der Waals surface area contributed by atoms with Crippen molar-refractivity contribution in [2.45, 2.75) is 32.7 Å². The number of rotatable bonds is 5. The van der Waals surface area contributed by atoms with Crippen molar-refractivity contribution in [3.05, 3.63) is 64.7 Å². The van der Waals surface area contributed by atoms with Crippen LogP contribution in [-0.4, -0.2) is 13.2 Å². The minimum absolute atomic E-state index is 0.311. The average molecular weight is 281 g/mol. The van der Waals surface area contributed by atoms with E-state index in [1.807, 2.05) is 0 Å². The molecule has 0 aliphatic carbocycles. The molecular formula is C19H23NO. The number of fused-ring (bicyclic) bond motifs is 1. The Hall–Kier alpha value is -1.80. The van der Waals surface area contributed by atoms with Gasteiger partial charge in [-0.2, -0.15) is 0 Å². The van der Waals surface area contributed by atoms with Crippen LogP contribution < -0.4 is 10.1 Å². The second-order valence-electron chi connectivity index (χ2n) is 5.73. The standard InChI is InChI=1S/C19H23NO/c1-3-20-18(13-15-9-7-14(2)8-10-15)17-6-4-5-16-11-12-21-19(16)17/h4-10,18,20H,3,11-13H2,1-2H3. The molecule has 1 heterocycles. The van der Waals surface area contributed by atoms with Crippen molar-refractivity contribution in [2.24, 2.45) is 0 Å². The first-order valence-corrected chi connectivity index (χ1v) is 7.81. The largest absolute Gasteiger partial charge is 0.493 e. The van der Waals surface area contributed by atoms with E-state index >= 15 is 0 Å². The second kappa shape index (κ2) is 6.31. The van der Waals surface area contributed by atoms with Gasteiger partial charge < -0.3 is 10.1 Å². The first-order chi connectivity index (χ1) is 10.3. The van der Waals surface area contributed by atoms with Gasteiger partial charge in [0.1, 0.15) is 5.75 Å². The summed E-state index contributed by atoms with van der Waals surface area (Å²) in [5, 5.41) is 3.61. The van der Waals surface area contributed by atoms with Gasteiger partial charge in [0.15, 0.2) is 0 Å². The van der Waals surface area contributed by atoms with Crippen molar-refractivity contribution in [1.29, 1.82) is 0 Å². The molecule has 0 saturated heterocycles. The molecule has 2 aromatic carbocycles. The number of benzene rings is 2. The summed E-state index contributed by atoms with van der Waals surface area (Å²) in [6, 6.07) is 15.7. The third kappa shape index (κ3) is 3.11. The summed E-state index contributed by atoms with van der Waals surface area (Å²) in [4.78, 5) is 0. The second-order valence-corrected chi connectivity index (χ2v) is 5.73. The number of ether oxygens (including phenoxy) is 1. The van der Waals surface area contributed by atoms with Gasteiger partial charge in [0.2, 0.25) is 0 Å². The predicted octanol–water partition coefficient (Wildman–Crippen LogP) is 3.82. The summed E-state index contributed by atoms with van der Waals surface area (Å²) >= 11 is 0. The zero-order valence-corrected chi connectivity index (χ0v) is 12.9. The van der Waals surface area contributed by atoms with Gasteiger partial charge in [-0.05, 0) is 31.0 Å². The molecule has 1 aliphatic heterocycles. The lowest BCUT2D eigenvalue weighted by Crippen LogP contribution is -2.23. The van der Waals surface area contributed by atoms with Crippen molar-refractivity contribution < 1.29 is 4.74 Å². The van der Waals surface area contributed by atoms with Crippen LogP contribution in [0.3, 0.4) is 0 Å². The molecule has 1 aliphatic rings. The highest BCUT2D eigenvalue weighted by Gasteiger charge is 2.21. The topological polar surface area (TPSA) is 21.3 Å². The van der Waals surface area contributed by atoms with Crippen molar-refractivity contribution in [1.82, 2.24) is 5.32 Å². The lowest BCUT2D eigenvalue weighted by atomic mass is 9.95. The Morgan fingerprint density at radius 2 is 1.95 bits per heavy atom. The van der Waals surface area contributed by atoms with Crippen LogP contribution in [0.15, 0.2) is 42.5 Å². The molecular weight excluding hydrogens is 258 g/mol. The van der Waals surface area contributed by atoms with Gasteiger partial charge in [0.25, 0.3) is 0 Å². The van der Waals surface area contributed by atoms with Crippen LogP contribution in [0, 0.1) is 6.92 Å². The van der Waals surface area contributed by atoms with Crippen LogP contribution in [0.2, 0.25) is 0 Å². The summed E-state index contributed by atoms with van der Waals surface area (Å²) in [6.07, 6.45) is 2.03. The molecule has 2 nitrogen and oxygen atoms in total. The third-order valence-corrected chi connectivity index (χ3v) is 4.13. The summed E-state index contributed by atoms with van der Waals surface area (Å²) in [5.41, 5.74) is 5.32. The van der Waals surface area contributed by atoms with Gasteiger partial charge in [0, 0.05) is 18.0 Å². The lowest BCUT2D eigenvalue weighted by molar-refractivity contribution is 0.348.